The molecule has 1 aromatic carbocycles. The van der Waals surface area contributed by atoms with E-state index in [-0.39, 0.29) is 23.2 Å². The first-order valence-electron chi connectivity index (χ1n) is 6.75. The molecule has 0 spiro atoms. The van der Waals surface area contributed by atoms with E-state index in [1.54, 1.807) is 12.1 Å². The highest BCUT2D eigenvalue weighted by Gasteiger charge is 2.22. The topological polar surface area (TPSA) is 106 Å². The largest absolute Gasteiger partial charge is 0.468 e. The third kappa shape index (κ3) is 4.15. The lowest BCUT2D eigenvalue weighted by molar-refractivity contribution is -0.384. The standard InChI is InChI=1S/C14H17N3O5S/c1-16(2)13(14-4-3-9-22-14)10-15-23(20,21)12-7-5-11(6-8-12)17(18)19/h3-9,13,15H,10H2,1-2H3/t13-/m0/s1. The second-order valence-corrected chi connectivity index (χ2v) is 6.86. The zero-order valence-corrected chi connectivity index (χ0v) is 13.5. The fourth-order valence-corrected chi connectivity index (χ4v) is 3.08. The minimum absolute atomic E-state index is 0.0277. The monoisotopic (exact) mass is 339 g/mol. The van der Waals surface area contributed by atoms with Gasteiger partial charge in [-0.3, -0.25) is 15.0 Å². The van der Waals surface area contributed by atoms with Crippen molar-refractivity contribution in [2.24, 2.45) is 0 Å². The molecule has 23 heavy (non-hydrogen) atoms. The normalized spacial score (nSPS) is 13.2. The van der Waals surface area contributed by atoms with Crippen molar-refractivity contribution in [3.63, 3.8) is 0 Å². The molecule has 0 aliphatic heterocycles. The first-order chi connectivity index (χ1) is 10.8. The van der Waals surface area contributed by atoms with Gasteiger partial charge in [-0.2, -0.15) is 0 Å². The molecule has 2 aromatic rings. The molecule has 9 heteroatoms. The first-order valence-corrected chi connectivity index (χ1v) is 8.23. The molecule has 1 heterocycles. The van der Waals surface area contributed by atoms with Gasteiger partial charge in [0.15, 0.2) is 0 Å². The number of likely N-dealkylation sites (N-methyl/N-ethyl adjacent to an activating group) is 1. The average Bonchev–Trinajstić information content (AvgIpc) is 3.01. The molecule has 0 unspecified atom stereocenters. The zero-order valence-electron chi connectivity index (χ0n) is 12.7. The minimum Gasteiger partial charge on any atom is -0.468 e. The molecular formula is C14H17N3O5S. The van der Waals surface area contributed by atoms with Crippen molar-refractivity contribution in [3.05, 3.63) is 58.5 Å². The van der Waals surface area contributed by atoms with Crippen LogP contribution in [0.3, 0.4) is 0 Å². The number of nitro benzene ring substituents is 1. The number of furan rings is 1. The Hall–Kier alpha value is -2.23. The van der Waals surface area contributed by atoms with Crippen LogP contribution in [-0.2, 0) is 10.0 Å². The molecule has 0 radical (unpaired) electrons. The lowest BCUT2D eigenvalue weighted by atomic mass is 10.2. The molecular weight excluding hydrogens is 322 g/mol. The van der Waals surface area contributed by atoms with E-state index in [1.807, 2.05) is 19.0 Å². The molecule has 1 atom stereocenters. The number of nitrogens with one attached hydrogen (secondary N) is 1. The van der Waals surface area contributed by atoms with E-state index in [1.165, 1.54) is 18.4 Å². The van der Waals surface area contributed by atoms with Crippen LogP contribution in [0.1, 0.15) is 11.8 Å². The van der Waals surface area contributed by atoms with Gasteiger partial charge in [-0.15, -0.1) is 0 Å². The van der Waals surface area contributed by atoms with Crippen LogP contribution < -0.4 is 4.72 Å². The summed E-state index contributed by atoms with van der Waals surface area (Å²) in [7, 11) is -0.138. The summed E-state index contributed by atoms with van der Waals surface area (Å²) in [6, 6.07) is 7.96. The van der Waals surface area contributed by atoms with Crippen LogP contribution in [0, 0.1) is 10.1 Å². The fourth-order valence-electron chi connectivity index (χ4n) is 2.04. The van der Waals surface area contributed by atoms with Crippen LogP contribution in [0.4, 0.5) is 5.69 Å². The van der Waals surface area contributed by atoms with Crippen LogP contribution in [0.5, 0.6) is 0 Å². The number of hydrogen-bond acceptors (Lipinski definition) is 6. The van der Waals surface area contributed by atoms with Gasteiger partial charge in [-0.1, -0.05) is 0 Å². The summed E-state index contributed by atoms with van der Waals surface area (Å²) in [5.74, 6) is 0.640. The SMILES string of the molecule is CN(C)[C@@H](CNS(=O)(=O)c1ccc([N+](=O)[O-])cc1)c1ccco1. The molecule has 0 fully saturated rings. The molecule has 0 saturated heterocycles. The quantitative estimate of drug-likeness (QED) is 0.609. The van der Waals surface area contributed by atoms with Crippen LogP contribution in [-0.4, -0.2) is 38.9 Å². The highest BCUT2D eigenvalue weighted by Crippen LogP contribution is 2.20. The van der Waals surface area contributed by atoms with E-state index in [0.717, 1.165) is 12.1 Å². The van der Waals surface area contributed by atoms with Crippen LogP contribution in [0.2, 0.25) is 0 Å². The Balaban J connectivity index is 2.12. The highest BCUT2D eigenvalue weighted by atomic mass is 32.2. The van der Waals surface area contributed by atoms with Crippen molar-refractivity contribution in [3.8, 4) is 0 Å². The second-order valence-electron chi connectivity index (χ2n) is 5.10. The summed E-state index contributed by atoms with van der Waals surface area (Å²) in [5.41, 5.74) is -0.161. The molecule has 1 N–H and O–H groups in total. The molecule has 0 saturated carbocycles. The molecule has 0 aliphatic rings. The van der Waals surface area contributed by atoms with E-state index in [2.05, 4.69) is 4.72 Å². The Morgan fingerprint density at radius 1 is 1.26 bits per heavy atom. The lowest BCUT2D eigenvalue weighted by Gasteiger charge is -2.22. The number of nitro groups is 1. The second kappa shape index (κ2) is 6.90. The van der Waals surface area contributed by atoms with Crippen molar-refractivity contribution < 1.29 is 17.8 Å². The summed E-state index contributed by atoms with van der Waals surface area (Å²) in [5, 5.41) is 10.6. The summed E-state index contributed by atoms with van der Waals surface area (Å²) in [6.07, 6.45) is 1.52. The molecule has 0 aliphatic carbocycles. The Kier molecular flexibility index (Phi) is 5.14. The van der Waals surface area contributed by atoms with Gasteiger partial charge in [0.05, 0.1) is 22.1 Å². The summed E-state index contributed by atoms with van der Waals surface area (Å²) in [4.78, 5) is 11.8. The van der Waals surface area contributed by atoms with Gasteiger partial charge in [0.1, 0.15) is 5.76 Å². The van der Waals surface area contributed by atoms with E-state index in [0.29, 0.717) is 5.76 Å². The van der Waals surface area contributed by atoms with Crippen molar-refractivity contribution in [1.82, 2.24) is 9.62 Å². The number of benzene rings is 1. The van der Waals surface area contributed by atoms with Gasteiger partial charge in [0, 0.05) is 18.7 Å². The maximum absolute atomic E-state index is 12.3. The van der Waals surface area contributed by atoms with Crippen LogP contribution >= 0.6 is 0 Å². The number of non-ortho nitro benzene ring substituents is 1. The van der Waals surface area contributed by atoms with E-state index in [9.17, 15) is 18.5 Å². The Morgan fingerprint density at radius 2 is 1.91 bits per heavy atom. The predicted octanol–water partition coefficient (Wildman–Crippen LogP) is 1.77. The van der Waals surface area contributed by atoms with Crippen molar-refractivity contribution >= 4 is 15.7 Å². The van der Waals surface area contributed by atoms with Gasteiger partial charge in [0.2, 0.25) is 10.0 Å². The van der Waals surface area contributed by atoms with Crippen molar-refractivity contribution in [1.29, 1.82) is 0 Å². The molecule has 8 nitrogen and oxygen atoms in total. The third-order valence-corrected chi connectivity index (χ3v) is 4.76. The Labute approximate surface area is 133 Å². The van der Waals surface area contributed by atoms with Gasteiger partial charge in [-0.25, -0.2) is 13.1 Å². The summed E-state index contributed by atoms with van der Waals surface area (Å²) >= 11 is 0. The molecule has 1 aromatic heterocycles. The van der Waals surface area contributed by atoms with E-state index in [4.69, 9.17) is 4.42 Å². The van der Waals surface area contributed by atoms with Crippen LogP contribution in [0.25, 0.3) is 0 Å². The Morgan fingerprint density at radius 3 is 2.39 bits per heavy atom. The van der Waals surface area contributed by atoms with E-state index >= 15 is 0 Å². The third-order valence-electron chi connectivity index (χ3n) is 3.32. The maximum atomic E-state index is 12.3. The van der Waals surface area contributed by atoms with E-state index < -0.39 is 14.9 Å². The highest BCUT2D eigenvalue weighted by molar-refractivity contribution is 7.89. The molecule has 2 rings (SSSR count). The number of rotatable bonds is 7. The van der Waals surface area contributed by atoms with Gasteiger partial charge in [-0.05, 0) is 38.4 Å². The zero-order chi connectivity index (χ0) is 17.0. The van der Waals surface area contributed by atoms with Gasteiger partial charge >= 0.3 is 0 Å². The fraction of sp³-hybridized carbons (Fsp3) is 0.286. The summed E-state index contributed by atoms with van der Waals surface area (Å²) < 4.78 is 32.4. The van der Waals surface area contributed by atoms with Gasteiger partial charge < -0.3 is 4.42 Å². The number of nitrogens with zero attached hydrogens (tertiary/aromatic N) is 2. The molecule has 124 valence electrons. The van der Waals surface area contributed by atoms with Crippen molar-refractivity contribution in [2.45, 2.75) is 10.9 Å². The molecule has 0 bridgehead atoms. The molecule has 0 amide bonds. The van der Waals surface area contributed by atoms with Crippen LogP contribution in [0.15, 0.2) is 52.0 Å². The minimum atomic E-state index is -3.76. The average molecular weight is 339 g/mol. The first kappa shape index (κ1) is 17.1. The maximum Gasteiger partial charge on any atom is 0.269 e. The smallest absolute Gasteiger partial charge is 0.269 e. The van der Waals surface area contributed by atoms with Gasteiger partial charge in [0.25, 0.3) is 5.69 Å². The Bertz CT molecular complexity index is 754. The predicted molar refractivity (Wildman–Crippen MR) is 83.4 cm³/mol. The summed E-state index contributed by atoms with van der Waals surface area (Å²) in [6.45, 7) is 0.111. The number of sulfonamides is 1. The van der Waals surface area contributed by atoms with Crippen molar-refractivity contribution in [2.75, 3.05) is 20.6 Å². The lowest BCUT2D eigenvalue weighted by Crippen LogP contribution is -2.34. The number of hydrogen-bond donors (Lipinski definition) is 1.